The molecule has 0 radical (unpaired) electrons. The fourth-order valence-electron chi connectivity index (χ4n) is 2.46. The van der Waals surface area contributed by atoms with Crippen LogP contribution in [0.4, 0.5) is 4.79 Å². The van der Waals surface area contributed by atoms with Crippen molar-refractivity contribution in [2.45, 2.75) is 51.7 Å². The lowest BCUT2D eigenvalue weighted by molar-refractivity contribution is -0.155. The highest BCUT2D eigenvalue weighted by Crippen LogP contribution is 2.37. The third-order valence-electron chi connectivity index (χ3n) is 3.66. The SMILES string of the molecule is CC(C)(C)OC(=O)N1CCC(CC(O)CO)(C(=O)O)CC1. The van der Waals surface area contributed by atoms with Gasteiger partial charge in [0.15, 0.2) is 0 Å². The summed E-state index contributed by atoms with van der Waals surface area (Å²) in [5.74, 6) is -1.00. The lowest BCUT2D eigenvalue weighted by atomic mass is 9.74. The number of carboxylic acids is 1. The van der Waals surface area contributed by atoms with Crippen LogP contribution in [-0.4, -0.2) is 63.7 Å². The van der Waals surface area contributed by atoms with Gasteiger partial charge in [-0.25, -0.2) is 4.79 Å². The van der Waals surface area contributed by atoms with E-state index in [-0.39, 0.29) is 32.4 Å². The molecule has 1 rings (SSSR count). The largest absolute Gasteiger partial charge is 0.481 e. The summed E-state index contributed by atoms with van der Waals surface area (Å²) < 4.78 is 5.26. The van der Waals surface area contributed by atoms with Crippen LogP contribution in [0.1, 0.15) is 40.0 Å². The molecule has 1 saturated heterocycles. The van der Waals surface area contributed by atoms with E-state index in [9.17, 15) is 19.8 Å². The van der Waals surface area contributed by atoms with Crippen molar-refractivity contribution < 1.29 is 29.6 Å². The van der Waals surface area contributed by atoms with Crippen molar-refractivity contribution in [1.29, 1.82) is 0 Å². The van der Waals surface area contributed by atoms with Gasteiger partial charge in [0.2, 0.25) is 0 Å². The number of piperidine rings is 1. The van der Waals surface area contributed by atoms with Gasteiger partial charge in [-0.1, -0.05) is 0 Å². The first-order valence-corrected chi connectivity index (χ1v) is 7.10. The van der Waals surface area contributed by atoms with Gasteiger partial charge in [0.25, 0.3) is 0 Å². The van der Waals surface area contributed by atoms with Crippen molar-refractivity contribution in [3.8, 4) is 0 Å². The van der Waals surface area contributed by atoms with E-state index in [0.29, 0.717) is 0 Å². The maximum atomic E-state index is 11.9. The summed E-state index contributed by atoms with van der Waals surface area (Å²) in [7, 11) is 0. The molecule has 7 nitrogen and oxygen atoms in total. The van der Waals surface area contributed by atoms with Gasteiger partial charge in [-0.2, -0.15) is 0 Å². The quantitative estimate of drug-likeness (QED) is 0.710. The van der Waals surface area contributed by atoms with E-state index < -0.39 is 35.8 Å². The third-order valence-corrected chi connectivity index (χ3v) is 3.66. The zero-order chi connectivity index (χ0) is 16.3. The Morgan fingerprint density at radius 2 is 1.81 bits per heavy atom. The van der Waals surface area contributed by atoms with Crippen LogP contribution in [-0.2, 0) is 9.53 Å². The molecule has 1 unspecified atom stereocenters. The number of carbonyl (C=O) groups is 2. The molecule has 3 N–H and O–H groups in total. The number of aliphatic hydroxyl groups excluding tert-OH is 2. The second-order valence-corrected chi connectivity index (χ2v) is 6.59. The van der Waals surface area contributed by atoms with Crippen LogP contribution in [0.15, 0.2) is 0 Å². The van der Waals surface area contributed by atoms with E-state index in [1.54, 1.807) is 20.8 Å². The van der Waals surface area contributed by atoms with E-state index in [0.717, 1.165) is 0 Å². The molecule has 122 valence electrons. The molecule has 0 aromatic heterocycles. The minimum Gasteiger partial charge on any atom is -0.481 e. The number of carbonyl (C=O) groups excluding carboxylic acids is 1. The van der Waals surface area contributed by atoms with Crippen molar-refractivity contribution in [2.75, 3.05) is 19.7 Å². The molecule has 1 atom stereocenters. The maximum absolute atomic E-state index is 11.9. The predicted octanol–water partition coefficient (Wildman–Crippen LogP) is 0.832. The Balaban J connectivity index is 2.67. The number of nitrogens with zero attached hydrogens (tertiary/aromatic N) is 1. The molecule has 1 aliphatic rings. The van der Waals surface area contributed by atoms with Crippen LogP contribution in [0.25, 0.3) is 0 Å². The van der Waals surface area contributed by atoms with Crippen molar-refractivity contribution in [3.05, 3.63) is 0 Å². The number of hydrogen-bond acceptors (Lipinski definition) is 5. The predicted molar refractivity (Wildman–Crippen MR) is 74.8 cm³/mol. The molecule has 1 fully saturated rings. The van der Waals surface area contributed by atoms with E-state index in [2.05, 4.69) is 0 Å². The van der Waals surface area contributed by atoms with Gasteiger partial charge in [-0.3, -0.25) is 4.79 Å². The zero-order valence-electron chi connectivity index (χ0n) is 12.8. The molecule has 0 aliphatic carbocycles. The van der Waals surface area contributed by atoms with Gasteiger partial charge in [0.1, 0.15) is 5.60 Å². The summed E-state index contributed by atoms with van der Waals surface area (Å²) in [6.45, 7) is 5.37. The van der Waals surface area contributed by atoms with Crippen molar-refractivity contribution in [3.63, 3.8) is 0 Å². The van der Waals surface area contributed by atoms with E-state index >= 15 is 0 Å². The first-order valence-electron chi connectivity index (χ1n) is 7.10. The summed E-state index contributed by atoms with van der Waals surface area (Å²) in [5.41, 5.74) is -1.69. The zero-order valence-corrected chi connectivity index (χ0v) is 12.8. The Hall–Kier alpha value is -1.34. The maximum Gasteiger partial charge on any atom is 0.410 e. The Labute approximate surface area is 124 Å². The number of aliphatic carboxylic acids is 1. The highest BCUT2D eigenvalue weighted by Gasteiger charge is 2.44. The minimum absolute atomic E-state index is 0.0129. The number of amides is 1. The molecular formula is C14H25NO6. The van der Waals surface area contributed by atoms with E-state index in [4.69, 9.17) is 9.84 Å². The number of rotatable bonds is 4. The molecule has 0 aromatic carbocycles. The molecule has 0 aromatic rings. The van der Waals surface area contributed by atoms with Gasteiger partial charge in [-0.15, -0.1) is 0 Å². The molecule has 1 amide bonds. The first-order chi connectivity index (χ1) is 9.59. The minimum atomic E-state index is -1.10. The van der Waals surface area contributed by atoms with Gasteiger partial charge < -0.3 is 25.0 Å². The lowest BCUT2D eigenvalue weighted by Crippen LogP contribution is -2.49. The molecule has 7 heteroatoms. The molecule has 0 spiro atoms. The summed E-state index contributed by atoms with van der Waals surface area (Å²) in [6, 6.07) is 0. The van der Waals surface area contributed by atoms with Crippen molar-refractivity contribution in [2.24, 2.45) is 5.41 Å². The van der Waals surface area contributed by atoms with Crippen LogP contribution in [0.5, 0.6) is 0 Å². The van der Waals surface area contributed by atoms with Crippen LogP contribution >= 0.6 is 0 Å². The summed E-state index contributed by atoms with van der Waals surface area (Å²) in [5, 5.41) is 27.9. The summed E-state index contributed by atoms with van der Waals surface area (Å²) in [4.78, 5) is 24.9. The molecule has 1 heterocycles. The Morgan fingerprint density at radius 3 is 2.19 bits per heavy atom. The second kappa shape index (κ2) is 6.62. The molecular weight excluding hydrogens is 278 g/mol. The highest BCUT2D eigenvalue weighted by atomic mass is 16.6. The Morgan fingerprint density at radius 1 is 1.29 bits per heavy atom. The molecule has 0 bridgehead atoms. The topological polar surface area (TPSA) is 107 Å². The number of likely N-dealkylation sites (tertiary alicyclic amines) is 1. The second-order valence-electron chi connectivity index (χ2n) is 6.59. The number of ether oxygens (including phenoxy) is 1. The van der Waals surface area contributed by atoms with Crippen molar-refractivity contribution in [1.82, 2.24) is 4.90 Å². The van der Waals surface area contributed by atoms with Crippen LogP contribution in [0.3, 0.4) is 0 Å². The van der Waals surface area contributed by atoms with E-state index in [1.807, 2.05) is 0 Å². The fraction of sp³-hybridized carbons (Fsp3) is 0.857. The first kappa shape index (κ1) is 17.7. The van der Waals surface area contributed by atoms with Gasteiger partial charge in [0, 0.05) is 13.1 Å². The van der Waals surface area contributed by atoms with Gasteiger partial charge in [-0.05, 0) is 40.0 Å². The van der Waals surface area contributed by atoms with Crippen LogP contribution in [0.2, 0.25) is 0 Å². The van der Waals surface area contributed by atoms with Crippen LogP contribution < -0.4 is 0 Å². The third kappa shape index (κ3) is 4.86. The smallest absolute Gasteiger partial charge is 0.410 e. The van der Waals surface area contributed by atoms with Gasteiger partial charge >= 0.3 is 12.1 Å². The number of carboxylic acid groups (broad SMARTS) is 1. The Bertz CT molecular complexity index is 381. The molecule has 21 heavy (non-hydrogen) atoms. The molecule has 1 aliphatic heterocycles. The van der Waals surface area contributed by atoms with E-state index in [1.165, 1.54) is 4.90 Å². The Kier molecular flexibility index (Phi) is 5.58. The number of hydrogen-bond donors (Lipinski definition) is 3. The fourth-order valence-corrected chi connectivity index (χ4v) is 2.46. The average Bonchev–Trinajstić information content (AvgIpc) is 2.37. The van der Waals surface area contributed by atoms with Crippen molar-refractivity contribution >= 4 is 12.1 Å². The average molecular weight is 303 g/mol. The highest BCUT2D eigenvalue weighted by molar-refractivity contribution is 5.75. The van der Waals surface area contributed by atoms with Crippen LogP contribution in [0, 0.1) is 5.41 Å². The normalized spacial score (nSPS) is 20.0. The summed E-state index contributed by atoms with van der Waals surface area (Å²) in [6.07, 6.45) is -1.06. The summed E-state index contributed by atoms with van der Waals surface area (Å²) >= 11 is 0. The lowest BCUT2D eigenvalue weighted by Gasteiger charge is -2.39. The standard InChI is InChI=1S/C14H25NO6/c1-13(2,3)21-12(20)15-6-4-14(5-7-15,11(18)19)8-10(17)9-16/h10,16-17H,4-9H2,1-3H3,(H,18,19). The number of aliphatic hydroxyl groups is 2. The van der Waals surface area contributed by atoms with Gasteiger partial charge in [0.05, 0.1) is 18.1 Å². The molecule has 0 saturated carbocycles. The monoisotopic (exact) mass is 303 g/mol.